The van der Waals surface area contributed by atoms with Gasteiger partial charge >= 0.3 is 0 Å². The fourth-order valence-electron chi connectivity index (χ4n) is 2.26. The molecule has 130 valence electrons. The second-order valence-electron chi connectivity index (χ2n) is 5.37. The van der Waals surface area contributed by atoms with E-state index in [0.717, 1.165) is 0 Å². The molecule has 0 fully saturated rings. The number of carbonyl (C=O) groups excluding carboxylic acids is 1. The van der Waals surface area contributed by atoms with Crippen LogP contribution in [0.15, 0.2) is 28.8 Å². The molecule has 1 heterocycles. The lowest BCUT2D eigenvalue weighted by atomic mass is 10.1. The Kier molecular flexibility index (Phi) is 5.61. The third-order valence-electron chi connectivity index (χ3n) is 3.38. The van der Waals surface area contributed by atoms with Crippen LogP contribution in [0, 0.1) is 6.92 Å². The molecule has 0 aliphatic heterocycles. The highest BCUT2D eigenvalue weighted by atomic mass is 32.2. The molecule has 0 radical (unpaired) electrons. The molecule has 0 unspecified atom stereocenters. The second-order valence-corrected chi connectivity index (χ2v) is 7.21. The zero-order valence-corrected chi connectivity index (χ0v) is 14.7. The van der Waals surface area contributed by atoms with E-state index in [2.05, 4.69) is 15.2 Å². The van der Waals surface area contributed by atoms with E-state index in [9.17, 15) is 13.2 Å². The third-order valence-corrected chi connectivity index (χ3v) is 4.88. The SMILES string of the molecule is CCCS(=O)(=O)Nc1ccc(NC(=O)c2c(CC)noc2C)cc1. The fraction of sp³-hybridized carbons (Fsp3) is 0.375. The van der Waals surface area contributed by atoms with Gasteiger partial charge in [0.05, 0.1) is 11.4 Å². The number of hydrogen-bond donors (Lipinski definition) is 2. The topological polar surface area (TPSA) is 101 Å². The molecule has 2 aromatic rings. The molecular weight excluding hydrogens is 330 g/mol. The normalized spacial score (nSPS) is 11.3. The molecule has 0 saturated heterocycles. The Morgan fingerprint density at radius 3 is 2.38 bits per heavy atom. The quantitative estimate of drug-likeness (QED) is 0.798. The van der Waals surface area contributed by atoms with Gasteiger partial charge in [-0.25, -0.2) is 8.42 Å². The number of anilines is 2. The first kappa shape index (κ1) is 18.0. The van der Waals surface area contributed by atoms with Crippen molar-refractivity contribution in [3.63, 3.8) is 0 Å². The lowest BCUT2D eigenvalue weighted by molar-refractivity contribution is 0.102. The van der Waals surface area contributed by atoms with E-state index < -0.39 is 10.0 Å². The van der Waals surface area contributed by atoms with Crippen LogP contribution in [0.25, 0.3) is 0 Å². The van der Waals surface area contributed by atoms with Gasteiger partial charge < -0.3 is 9.84 Å². The van der Waals surface area contributed by atoms with Crippen LogP contribution in [-0.2, 0) is 16.4 Å². The predicted molar refractivity (Wildman–Crippen MR) is 92.7 cm³/mol. The zero-order chi connectivity index (χ0) is 17.7. The minimum atomic E-state index is -3.33. The van der Waals surface area contributed by atoms with E-state index in [1.807, 2.05) is 6.92 Å². The van der Waals surface area contributed by atoms with Crippen molar-refractivity contribution in [1.29, 1.82) is 0 Å². The standard InChI is InChI=1S/C16H21N3O4S/c1-4-10-24(21,22)19-13-8-6-12(7-9-13)17-16(20)15-11(3)23-18-14(15)5-2/h6-9,19H,4-5,10H2,1-3H3,(H,17,20). The van der Waals surface area contributed by atoms with Crippen LogP contribution in [0.4, 0.5) is 11.4 Å². The van der Waals surface area contributed by atoms with Gasteiger partial charge in [-0.3, -0.25) is 9.52 Å². The van der Waals surface area contributed by atoms with Crippen molar-refractivity contribution in [3.8, 4) is 0 Å². The third kappa shape index (κ3) is 4.35. The molecule has 0 spiro atoms. The molecule has 0 aliphatic carbocycles. The Bertz CT molecular complexity index is 810. The van der Waals surface area contributed by atoms with E-state index in [1.165, 1.54) is 0 Å². The van der Waals surface area contributed by atoms with Crippen molar-refractivity contribution >= 4 is 27.3 Å². The van der Waals surface area contributed by atoms with E-state index in [-0.39, 0.29) is 11.7 Å². The van der Waals surface area contributed by atoms with Gasteiger partial charge in [0.2, 0.25) is 10.0 Å². The summed E-state index contributed by atoms with van der Waals surface area (Å²) in [6.07, 6.45) is 1.14. The van der Waals surface area contributed by atoms with E-state index >= 15 is 0 Å². The smallest absolute Gasteiger partial charge is 0.261 e. The molecule has 1 aromatic carbocycles. The van der Waals surface area contributed by atoms with E-state index in [0.29, 0.717) is 41.2 Å². The van der Waals surface area contributed by atoms with Crippen LogP contribution in [0.5, 0.6) is 0 Å². The van der Waals surface area contributed by atoms with Crippen LogP contribution >= 0.6 is 0 Å². The molecule has 0 bridgehead atoms. The van der Waals surface area contributed by atoms with Crippen LogP contribution in [0.3, 0.4) is 0 Å². The number of rotatable bonds is 7. The van der Waals surface area contributed by atoms with Gasteiger partial charge in [0.25, 0.3) is 5.91 Å². The largest absolute Gasteiger partial charge is 0.361 e. The summed E-state index contributed by atoms with van der Waals surface area (Å²) in [7, 11) is -3.33. The Labute approximate surface area is 141 Å². The minimum Gasteiger partial charge on any atom is -0.361 e. The maximum absolute atomic E-state index is 12.4. The molecule has 1 aromatic heterocycles. The number of benzene rings is 1. The Balaban J connectivity index is 2.09. The summed E-state index contributed by atoms with van der Waals surface area (Å²) in [6.45, 7) is 5.38. The highest BCUT2D eigenvalue weighted by Gasteiger charge is 2.19. The summed E-state index contributed by atoms with van der Waals surface area (Å²) >= 11 is 0. The van der Waals surface area contributed by atoms with Gasteiger partial charge in [-0.05, 0) is 44.0 Å². The van der Waals surface area contributed by atoms with Crippen molar-refractivity contribution in [2.24, 2.45) is 0 Å². The number of nitrogens with one attached hydrogen (secondary N) is 2. The highest BCUT2D eigenvalue weighted by molar-refractivity contribution is 7.92. The van der Waals surface area contributed by atoms with Crippen LogP contribution in [-0.4, -0.2) is 25.2 Å². The maximum Gasteiger partial charge on any atom is 0.261 e. The Morgan fingerprint density at radius 2 is 1.79 bits per heavy atom. The molecule has 0 aliphatic rings. The van der Waals surface area contributed by atoms with Crippen molar-refractivity contribution < 1.29 is 17.7 Å². The number of amides is 1. The molecule has 8 heteroatoms. The molecule has 2 N–H and O–H groups in total. The average Bonchev–Trinajstić information content (AvgIpc) is 2.89. The zero-order valence-electron chi connectivity index (χ0n) is 13.9. The number of hydrogen-bond acceptors (Lipinski definition) is 5. The summed E-state index contributed by atoms with van der Waals surface area (Å²) in [5.41, 5.74) is 2.05. The number of sulfonamides is 1. The fourth-order valence-corrected chi connectivity index (χ4v) is 3.40. The van der Waals surface area contributed by atoms with Crippen LogP contribution in [0.2, 0.25) is 0 Å². The molecule has 24 heavy (non-hydrogen) atoms. The van der Waals surface area contributed by atoms with Gasteiger partial charge in [-0.1, -0.05) is 19.0 Å². The van der Waals surface area contributed by atoms with Gasteiger partial charge in [0.15, 0.2) is 0 Å². The summed E-state index contributed by atoms with van der Waals surface area (Å²) < 4.78 is 31.0. The summed E-state index contributed by atoms with van der Waals surface area (Å²) in [6, 6.07) is 6.47. The first-order valence-corrected chi connectivity index (χ1v) is 9.38. The van der Waals surface area contributed by atoms with Gasteiger partial charge in [-0.15, -0.1) is 0 Å². The number of nitrogens with zero attached hydrogens (tertiary/aromatic N) is 1. The minimum absolute atomic E-state index is 0.0675. The highest BCUT2D eigenvalue weighted by Crippen LogP contribution is 2.19. The van der Waals surface area contributed by atoms with E-state index in [4.69, 9.17) is 4.52 Å². The Morgan fingerprint density at radius 1 is 1.17 bits per heavy atom. The van der Waals surface area contributed by atoms with E-state index in [1.54, 1.807) is 38.1 Å². The number of carbonyl (C=O) groups is 1. The number of aromatic nitrogens is 1. The number of aryl methyl sites for hydroxylation is 2. The molecule has 7 nitrogen and oxygen atoms in total. The monoisotopic (exact) mass is 351 g/mol. The summed E-state index contributed by atoms with van der Waals surface area (Å²) in [5.74, 6) is 0.233. The lowest BCUT2D eigenvalue weighted by Crippen LogP contribution is -2.16. The van der Waals surface area contributed by atoms with Crippen molar-refractivity contribution in [2.75, 3.05) is 15.8 Å². The van der Waals surface area contributed by atoms with Gasteiger partial charge in [-0.2, -0.15) is 0 Å². The van der Waals surface area contributed by atoms with Crippen molar-refractivity contribution in [1.82, 2.24) is 5.16 Å². The van der Waals surface area contributed by atoms with Gasteiger partial charge in [0.1, 0.15) is 11.3 Å². The first-order chi connectivity index (χ1) is 11.4. The lowest BCUT2D eigenvalue weighted by Gasteiger charge is -2.09. The summed E-state index contributed by atoms with van der Waals surface area (Å²) in [5, 5.41) is 6.62. The second kappa shape index (κ2) is 7.48. The molecule has 2 rings (SSSR count). The summed E-state index contributed by atoms with van der Waals surface area (Å²) in [4.78, 5) is 12.4. The Hall–Kier alpha value is -2.35. The maximum atomic E-state index is 12.4. The predicted octanol–water partition coefficient (Wildman–Crippen LogP) is 2.95. The van der Waals surface area contributed by atoms with Crippen LogP contribution in [0.1, 0.15) is 42.1 Å². The molecule has 0 saturated carbocycles. The average molecular weight is 351 g/mol. The van der Waals surface area contributed by atoms with Gasteiger partial charge in [0, 0.05) is 11.4 Å². The first-order valence-electron chi connectivity index (χ1n) is 7.73. The molecule has 0 atom stereocenters. The van der Waals surface area contributed by atoms with Crippen molar-refractivity contribution in [3.05, 3.63) is 41.3 Å². The van der Waals surface area contributed by atoms with Crippen LogP contribution < -0.4 is 10.0 Å². The molecule has 1 amide bonds. The molecular formula is C16H21N3O4S. The van der Waals surface area contributed by atoms with Crippen molar-refractivity contribution in [2.45, 2.75) is 33.6 Å².